The molecule has 0 unspecified atom stereocenters. The average molecular weight is 403 g/mol. The number of hydrogen-bond acceptors (Lipinski definition) is 6. The van der Waals surface area contributed by atoms with Crippen molar-refractivity contribution in [3.63, 3.8) is 0 Å². The fraction of sp³-hybridized carbons (Fsp3) is 0.105. The summed E-state index contributed by atoms with van der Waals surface area (Å²) in [5, 5.41) is 21.4. The molecule has 144 valence electrons. The van der Waals surface area contributed by atoms with Crippen LogP contribution in [0.5, 0.6) is 17.2 Å². The molecule has 3 N–H and O–H groups in total. The lowest BCUT2D eigenvalue weighted by Gasteiger charge is -2.26. The maximum atomic E-state index is 12.8. The zero-order valence-electron chi connectivity index (χ0n) is 14.6. The molecular weight excluding hydrogens is 388 g/mol. The fourth-order valence-electron chi connectivity index (χ4n) is 2.60. The topological polar surface area (TPSA) is 116 Å². The third kappa shape index (κ3) is 3.63. The summed E-state index contributed by atoms with van der Waals surface area (Å²) in [6, 6.07) is 7.22. The standard InChI is InChI=1S/C19H15ClN2O6/c1-2-28-15-9-10(8-14(20)16(15)24)7-13-17(25)21-19(27)22(18(13)26)11-3-5-12(23)6-4-11/h3-9,23-24H,2H2,1H3,(H,21,25,27). The summed E-state index contributed by atoms with van der Waals surface area (Å²) in [7, 11) is 0. The Morgan fingerprint density at radius 1 is 1.14 bits per heavy atom. The van der Waals surface area contributed by atoms with Gasteiger partial charge in [-0.2, -0.15) is 0 Å². The molecule has 0 atom stereocenters. The molecule has 0 aromatic heterocycles. The molecule has 0 spiro atoms. The van der Waals surface area contributed by atoms with Crippen LogP contribution >= 0.6 is 11.6 Å². The van der Waals surface area contributed by atoms with Gasteiger partial charge in [0.05, 0.1) is 17.3 Å². The number of halogens is 1. The Bertz CT molecular complexity index is 1000. The van der Waals surface area contributed by atoms with E-state index in [0.29, 0.717) is 5.56 Å². The number of imide groups is 2. The van der Waals surface area contributed by atoms with Gasteiger partial charge in [-0.1, -0.05) is 11.6 Å². The molecule has 0 radical (unpaired) electrons. The minimum Gasteiger partial charge on any atom is -0.508 e. The molecule has 2 aromatic rings. The summed E-state index contributed by atoms with van der Waals surface area (Å²) in [6.07, 6.45) is 1.24. The van der Waals surface area contributed by atoms with Crippen LogP contribution in [0.15, 0.2) is 42.0 Å². The van der Waals surface area contributed by atoms with E-state index in [2.05, 4.69) is 5.32 Å². The molecule has 4 amide bonds. The van der Waals surface area contributed by atoms with Gasteiger partial charge < -0.3 is 14.9 Å². The van der Waals surface area contributed by atoms with Crippen LogP contribution < -0.4 is 15.0 Å². The number of carbonyl (C=O) groups is 3. The highest BCUT2D eigenvalue weighted by molar-refractivity contribution is 6.39. The normalized spacial score (nSPS) is 15.7. The smallest absolute Gasteiger partial charge is 0.335 e. The predicted octanol–water partition coefficient (Wildman–Crippen LogP) is 2.82. The Hall–Kier alpha value is -3.52. The van der Waals surface area contributed by atoms with Gasteiger partial charge in [0.2, 0.25) is 0 Å². The van der Waals surface area contributed by atoms with Crippen molar-refractivity contribution in [3.05, 3.63) is 52.6 Å². The van der Waals surface area contributed by atoms with Gasteiger partial charge in [0.15, 0.2) is 11.5 Å². The SMILES string of the molecule is CCOc1cc(C=C2C(=O)NC(=O)N(c3ccc(O)cc3)C2=O)cc(Cl)c1O. The van der Waals surface area contributed by atoms with Crippen molar-refractivity contribution in [2.24, 2.45) is 0 Å². The van der Waals surface area contributed by atoms with Gasteiger partial charge in [-0.3, -0.25) is 14.9 Å². The van der Waals surface area contributed by atoms with Crippen LogP contribution in [0.1, 0.15) is 12.5 Å². The number of nitrogens with zero attached hydrogens (tertiary/aromatic N) is 1. The van der Waals surface area contributed by atoms with Crippen molar-refractivity contribution >= 4 is 41.2 Å². The number of urea groups is 1. The molecule has 0 aliphatic carbocycles. The van der Waals surface area contributed by atoms with Gasteiger partial charge in [0.25, 0.3) is 11.8 Å². The Labute approximate surface area is 164 Å². The van der Waals surface area contributed by atoms with E-state index in [1.807, 2.05) is 0 Å². The fourth-order valence-corrected chi connectivity index (χ4v) is 2.82. The number of carbonyl (C=O) groups excluding carboxylic acids is 3. The molecule has 28 heavy (non-hydrogen) atoms. The minimum absolute atomic E-state index is 0.0204. The summed E-state index contributed by atoms with van der Waals surface area (Å²) in [5.41, 5.74) is 0.194. The molecule has 8 nitrogen and oxygen atoms in total. The quantitative estimate of drug-likeness (QED) is 0.535. The van der Waals surface area contributed by atoms with E-state index in [4.69, 9.17) is 16.3 Å². The largest absolute Gasteiger partial charge is 0.508 e. The Balaban J connectivity index is 2.03. The van der Waals surface area contributed by atoms with Crippen molar-refractivity contribution in [2.45, 2.75) is 6.92 Å². The van der Waals surface area contributed by atoms with E-state index in [-0.39, 0.29) is 40.1 Å². The second-order valence-corrected chi connectivity index (χ2v) is 6.16. The first kappa shape index (κ1) is 19.2. The minimum atomic E-state index is -0.906. The van der Waals surface area contributed by atoms with Crippen LogP contribution in [0.4, 0.5) is 10.5 Å². The first-order valence-corrected chi connectivity index (χ1v) is 8.55. The molecule has 2 aromatic carbocycles. The number of rotatable bonds is 4. The Kier molecular flexibility index (Phi) is 5.23. The van der Waals surface area contributed by atoms with Crippen LogP contribution in [0.3, 0.4) is 0 Å². The third-order valence-electron chi connectivity index (χ3n) is 3.87. The number of anilines is 1. The lowest BCUT2D eigenvalue weighted by molar-refractivity contribution is -0.122. The van der Waals surface area contributed by atoms with Crippen LogP contribution in [-0.4, -0.2) is 34.7 Å². The zero-order chi connectivity index (χ0) is 20.4. The van der Waals surface area contributed by atoms with E-state index in [1.54, 1.807) is 6.92 Å². The Morgan fingerprint density at radius 2 is 1.82 bits per heavy atom. The van der Waals surface area contributed by atoms with Crippen LogP contribution in [0.25, 0.3) is 6.08 Å². The van der Waals surface area contributed by atoms with Gasteiger partial charge in [-0.15, -0.1) is 0 Å². The molecular formula is C19H15ClN2O6. The summed E-state index contributed by atoms with van der Waals surface area (Å²) < 4.78 is 5.28. The van der Waals surface area contributed by atoms with Crippen molar-refractivity contribution in [1.29, 1.82) is 0 Å². The number of barbiturate groups is 1. The highest BCUT2D eigenvalue weighted by Crippen LogP contribution is 2.36. The number of nitrogens with one attached hydrogen (secondary N) is 1. The first-order valence-electron chi connectivity index (χ1n) is 8.17. The number of phenolic OH excluding ortho intramolecular Hbond substituents is 2. The maximum absolute atomic E-state index is 12.8. The van der Waals surface area contributed by atoms with Crippen LogP contribution in [0, 0.1) is 0 Å². The summed E-state index contributed by atoms with van der Waals surface area (Å²) in [4.78, 5) is 37.9. The van der Waals surface area contributed by atoms with Gasteiger partial charge in [-0.25, -0.2) is 9.69 Å². The van der Waals surface area contributed by atoms with Crippen molar-refractivity contribution < 1.29 is 29.3 Å². The third-order valence-corrected chi connectivity index (χ3v) is 4.16. The summed E-state index contributed by atoms with van der Waals surface area (Å²) in [6.45, 7) is 1.99. The highest BCUT2D eigenvalue weighted by Gasteiger charge is 2.36. The number of ether oxygens (including phenoxy) is 1. The summed E-state index contributed by atoms with van der Waals surface area (Å²) >= 11 is 5.97. The number of phenols is 2. The monoisotopic (exact) mass is 402 g/mol. The zero-order valence-corrected chi connectivity index (χ0v) is 15.4. The average Bonchev–Trinajstić information content (AvgIpc) is 2.64. The number of benzene rings is 2. The molecule has 1 aliphatic heterocycles. The molecule has 9 heteroatoms. The van der Waals surface area contributed by atoms with Crippen LogP contribution in [-0.2, 0) is 9.59 Å². The highest BCUT2D eigenvalue weighted by atomic mass is 35.5. The maximum Gasteiger partial charge on any atom is 0.335 e. The van der Waals surface area contributed by atoms with E-state index >= 15 is 0 Å². The molecule has 3 rings (SSSR count). The number of aromatic hydroxyl groups is 2. The predicted molar refractivity (Wildman–Crippen MR) is 101 cm³/mol. The van der Waals surface area contributed by atoms with Gasteiger partial charge in [-0.05, 0) is 55.0 Å². The number of amides is 4. The van der Waals surface area contributed by atoms with Crippen molar-refractivity contribution in [2.75, 3.05) is 11.5 Å². The lowest BCUT2D eigenvalue weighted by atomic mass is 10.1. The lowest BCUT2D eigenvalue weighted by Crippen LogP contribution is -2.54. The Morgan fingerprint density at radius 3 is 2.46 bits per heavy atom. The van der Waals surface area contributed by atoms with E-state index in [0.717, 1.165) is 4.90 Å². The molecule has 1 heterocycles. The van der Waals surface area contributed by atoms with Gasteiger partial charge >= 0.3 is 6.03 Å². The van der Waals surface area contributed by atoms with E-state index in [9.17, 15) is 24.6 Å². The van der Waals surface area contributed by atoms with E-state index < -0.39 is 17.8 Å². The molecule has 0 saturated carbocycles. The van der Waals surface area contributed by atoms with Gasteiger partial charge in [0, 0.05) is 0 Å². The van der Waals surface area contributed by atoms with Gasteiger partial charge in [0.1, 0.15) is 11.3 Å². The number of hydrogen-bond donors (Lipinski definition) is 3. The molecule has 1 aliphatic rings. The second kappa shape index (κ2) is 7.61. The molecule has 1 fully saturated rings. The van der Waals surface area contributed by atoms with E-state index in [1.165, 1.54) is 42.5 Å². The molecule has 0 bridgehead atoms. The second-order valence-electron chi connectivity index (χ2n) is 5.76. The summed E-state index contributed by atoms with van der Waals surface area (Å²) in [5.74, 6) is -1.92. The molecule has 1 saturated heterocycles. The first-order chi connectivity index (χ1) is 13.3. The van der Waals surface area contributed by atoms with Crippen molar-refractivity contribution in [1.82, 2.24) is 5.32 Å². The van der Waals surface area contributed by atoms with Crippen molar-refractivity contribution in [3.8, 4) is 17.2 Å². The van der Waals surface area contributed by atoms with Crippen LogP contribution in [0.2, 0.25) is 5.02 Å².